The predicted molar refractivity (Wildman–Crippen MR) is 120 cm³/mol. The summed E-state index contributed by atoms with van der Waals surface area (Å²) in [7, 11) is 0. The van der Waals surface area contributed by atoms with Crippen molar-refractivity contribution in [1.82, 2.24) is 10.4 Å². The van der Waals surface area contributed by atoms with Crippen LogP contribution in [0, 0.1) is 13.8 Å². The second-order valence-corrected chi connectivity index (χ2v) is 6.96. The van der Waals surface area contributed by atoms with Gasteiger partial charge in [-0.2, -0.15) is 5.10 Å². The Morgan fingerprint density at radius 1 is 1.03 bits per heavy atom. The standard InChI is InChI=1S/C25H21N3O2/c1-17-11-12-19(15-18(17)2)24-16-22(21-9-3-4-10-23(21)27-24)25(29)28-26-13-5-7-20-8-6-14-30-20/h3-16H,1-2H3,(H,28,29)/b7-5-,26-13?. The number of furan rings is 1. The first-order chi connectivity index (χ1) is 14.6. The van der Waals surface area contributed by atoms with Crippen LogP contribution >= 0.6 is 0 Å². The fourth-order valence-corrected chi connectivity index (χ4v) is 3.14. The van der Waals surface area contributed by atoms with E-state index in [1.807, 2.05) is 42.5 Å². The molecule has 0 aliphatic rings. The summed E-state index contributed by atoms with van der Waals surface area (Å²) in [5.74, 6) is 0.423. The third-order valence-electron chi connectivity index (χ3n) is 4.89. The molecule has 30 heavy (non-hydrogen) atoms. The van der Waals surface area contributed by atoms with Crippen molar-refractivity contribution in [2.75, 3.05) is 0 Å². The Balaban J connectivity index is 1.63. The first-order valence-electron chi connectivity index (χ1n) is 9.63. The van der Waals surface area contributed by atoms with Gasteiger partial charge in [0.1, 0.15) is 5.76 Å². The lowest BCUT2D eigenvalue weighted by molar-refractivity contribution is 0.0957. The van der Waals surface area contributed by atoms with Crippen molar-refractivity contribution in [2.24, 2.45) is 5.10 Å². The monoisotopic (exact) mass is 395 g/mol. The molecule has 1 N–H and O–H groups in total. The Morgan fingerprint density at radius 3 is 2.70 bits per heavy atom. The van der Waals surface area contributed by atoms with Crippen LogP contribution in [0.5, 0.6) is 0 Å². The van der Waals surface area contributed by atoms with E-state index in [1.165, 1.54) is 17.3 Å². The molecule has 0 aliphatic heterocycles. The number of rotatable bonds is 5. The maximum absolute atomic E-state index is 12.9. The van der Waals surface area contributed by atoms with Crippen LogP contribution < -0.4 is 5.43 Å². The third kappa shape index (κ3) is 4.20. The van der Waals surface area contributed by atoms with E-state index in [4.69, 9.17) is 9.40 Å². The van der Waals surface area contributed by atoms with Crippen molar-refractivity contribution >= 4 is 29.1 Å². The van der Waals surface area contributed by atoms with Gasteiger partial charge >= 0.3 is 0 Å². The molecule has 4 rings (SSSR count). The number of para-hydroxylation sites is 1. The van der Waals surface area contributed by atoms with Gasteiger partial charge in [-0.15, -0.1) is 0 Å². The number of pyridine rings is 1. The van der Waals surface area contributed by atoms with Gasteiger partial charge in [-0.3, -0.25) is 4.79 Å². The van der Waals surface area contributed by atoms with Crippen LogP contribution in [0.1, 0.15) is 27.2 Å². The molecule has 5 nitrogen and oxygen atoms in total. The van der Waals surface area contributed by atoms with Gasteiger partial charge in [0.25, 0.3) is 5.91 Å². The zero-order valence-electron chi connectivity index (χ0n) is 16.8. The first kappa shape index (κ1) is 19.3. The molecule has 2 heterocycles. The number of amides is 1. The minimum Gasteiger partial charge on any atom is -0.465 e. The SMILES string of the molecule is Cc1ccc(-c2cc(C(=O)NN=C/C=C\c3ccco3)c3ccccc3n2)cc1C. The minimum absolute atomic E-state index is 0.290. The fraction of sp³-hybridized carbons (Fsp3) is 0.0800. The first-order valence-corrected chi connectivity index (χ1v) is 9.63. The molecule has 0 saturated carbocycles. The molecule has 0 radical (unpaired) electrons. The quantitative estimate of drug-likeness (QED) is 0.356. The normalized spacial score (nSPS) is 11.5. The van der Waals surface area contributed by atoms with Crippen LogP contribution in [0.2, 0.25) is 0 Å². The smallest absolute Gasteiger partial charge is 0.272 e. The van der Waals surface area contributed by atoms with Crippen molar-refractivity contribution in [1.29, 1.82) is 0 Å². The average Bonchev–Trinajstić information content (AvgIpc) is 3.28. The van der Waals surface area contributed by atoms with Crippen molar-refractivity contribution < 1.29 is 9.21 Å². The highest BCUT2D eigenvalue weighted by Gasteiger charge is 2.13. The van der Waals surface area contributed by atoms with Crippen LogP contribution in [-0.4, -0.2) is 17.1 Å². The summed E-state index contributed by atoms with van der Waals surface area (Å²) in [5.41, 5.74) is 8.01. The largest absolute Gasteiger partial charge is 0.465 e. The number of aromatic nitrogens is 1. The summed E-state index contributed by atoms with van der Waals surface area (Å²) in [6.07, 6.45) is 6.56. The Bertz CT molecular complexity index is 1250. The van der Waals surface area contributed by atoms with E-state index in [2.05, 4.69) is 36.5 Å². The second-order valence-electron chi connectivity index (χ2n) is 6.96. The number of carbonyl (C=O) groups is 1. The van der Waals surface area contributed by atoms with E-state index >= 15 is 0 Å². The predicted octanol–water partition coefficient (Wildman–Crippen LogP) is 5.54. The lowest BCUT2D eigenvalue weighted by Crippen LogP contribution is -2.18. The number of carbonyl (C=O) groups excluding carboxylic acids is 1. The minimum atomic E-state index is -0.290. The number of nitrogens with one attached hydrogen (secondary N) is 1. The second kappa shape index (κ2) is 8.57. The Morgan fingerprint density at radius 2 is 1.90 bits per heavy atom. The molecule has 0 bridgehead atoms. The number of hydrogen-bond donors (Lipinski definition) is 1. The number of aryl methyl sites for hydroxylation is 2. The zero-order valence-corrected chi connectivity index (χ0v) is 16.8. The van der Waals surface area contributed by atoms with Gasteiger partial charge in [-0.1, -0.05) is 30.3 Å². The zero-order chi connectivity index (χ0) is 20.9. The Hall–Kier alpha value is -3.99. The van der Waals surface area contributed by atoms with E-state index in [1.54, 1.807) is 24.5 Å². The summed E-state index contributed by atoms with van der Waals surface area (Å²) in [4.78, 5) is 17.6. The van der Waals surface area contributed by atoms with Crippen molar-refractivity contribution in [3.63, 3.8) is 0 Å². The van der Waals surface area contributed by atoms with Crippen LogP contribution in [0.3, 0.4) is 0 Å². The highest BCUT2D eigenvalue weighted by atomic mass is 16.3. The molecule has 2 aromatic heterocycles. The summed E-state index contributed by atoms with van der Waals surface area (Å²) in [6, 6.07) is 19.2. The number of hydrazone groups is 1. The molecule has 0 spiro atoms. The lowest BCUT2D eigenvalue weighted by Gasteiger charge is -2.10. The molecule has 4 aromatic rings. The van der Waals surface area contributed by atoms with Crippen LogP contribution in [0.4, 0.5) is 0 Å². The van der Waals surface area contributed by atoms with Gasteiger partial charge in [0.2, 0.25) is 0 Å². The number of fused-ring (bicyclic) bond motifs is 1. The van der Waals surface area contributed by atoms with Gasteiger partial charge in [0.05, 0.1) is 23.0 Å². The summed E-state index contributed by atoms with van der Waals surface area (Å²) < 4.78 is 5.21. The van der Waals surface area contributed by atoms with E-state index < -0.39 is 0 Å². The van der Waals surface area contributed by atoms with E-state index in [0.29, 0.717) is 11.3 Å². The summed E-state index contributed by atoms with van der Waals surface area (Å²) in [5, 5.41) is 4.79. The van der Waals surface area contributed by atoms with Gasteiger partial charge < -0.3 is 4.42 Å². The number of nitrogens with zero attached hydrogens (tertiary/aromatic N) is 2. The fourth-order valence-electron chi connectivity index (χ4n) is 3.14. The molecular formula is C25H21N3O2. The lowest BCUT2D eigenvalue weighted by atomic mass is 10.0. The molecule has 1 amide bonds. The molecule has 0 saturated heterocycles. The van der Waals surface area contributed by atoms with Gasteiger partial charge in [-0.25, -0.2) is 10.4 Å². The van der Waals surface area contributed by atoms with E-state index in [0.717, 1.165) is 22.2 Å². The van der Waals surface area contributed by atoms with Gasteiger partial charge in [-0.05, 0) is 67.5 Å². The molecule has 0 fully saturated rings. The molecular weight excluding hydrogens is 374 g/mol. The molecule has 148 valence electrons. The van der Waals surface area contributed by atoms with Gasteiger partial charge in [0.15, 0.2) is 0 Å². The van der Waals surface area contributed by atoms with Crippen LogP contribution in [-0.2, 0) is 0 Å². The number of allylic oxidation sites excluding steroid dienone is 1. The van der Waals surface area contributed by atoms with Gasteiger partial charge in [0, 0.05) is 17.2 Å². The van der Waals surface area contributed by atoms with Crippen molar-refractivity contribution in [3.8, 4) is 11.3 Å². The molecule has 5 heteroatoms. The topological polar surface area (TPSA) is 67.5 Å². The number of hydrogen-bond acceptors (Lipinski definition) is 4. The molecule has 0 atom stereocenters. The third-order valence-corrected chi connectivity index (χ3v) is 4.89. The Kier molecular flexibility index (Phi) is 5.52. The average molecular weight is 395 g/mol. The molecule has 0 aliphatic carbocycles. The van der Waals surface area contributed by atoms with Crippen LogP contribution in [0.15, 0.2) is 82.5 Å². The maximum Gasteiger partial charge on any atom is 0.272 e. The van der Waals surface area contributed by atoms with Crippen molar-refractivity contribution in [2.45, 2.75) is 13.8 Å². The highest BCUT2D eigenvalue weighted by molar-refractivity contribution is 6.07. The summed E-state index contributed by atoms with van der Waals surface area (Å²) >= 11 is 0. The van der Waals surface area contributed by atoms with E-state index in [9.17, 15) is 4.79 Å². The maximum atomic E-state index is 12.9. The highest BCUT2D eigenvalue weighted by Crippen LogP contribution is 2.26. The molecule has 2 aromatic carbocycles. The van der Waals surface area contributed by atoms with E-state index in [-0.39, 0.29) is 5.91 Å². The summed E-state index contributed by atoms with van der Waals surface area (Å²) in [6.45, 7) is 4.14. The number of benzene rings is 2. The molecule has 0 unspecified atom stereocenters. The van der Waals surface area contributed by atoms with Crippen molar-refractivity contribution in [3.05, 3.63) is 95.5 Å². The van der Waals surface area contributed by atoms with Crippen LogP contribution in [0.25, 0.3) is 28.2 Å². The Labute approximate surface area is 174 Å².